The van der Waals surface area contributed by atoms with E-state index in [0.29, 0.717) is 5.69 Å². The summed E-state index contributed by atoms with van der Waals surface area (Å²) in [5.74, 6) is 0.120. The number of rotatable bonds is 1. The summed E-state index contributed by atoms with van der Waals surface area (Å²) in [6.07, 6.45) is 0. The quantitative estimate of drug-likeness (QED) is 0.683. The molecule has 0 aliphatic carbocycles. The van der Waals surface area contributed by atoms with Crippen LogP contribution in [0.4, 0.5) is 0 Å². The van der Waals surface area contributed by atoms with Crippen LogP contribution in [0.25, 0.3) is 0 Å². The van der Waals surface area contributed by atoms with Gasteiger partial charge in [-0.2, -0.15) is 0 Å². The molecule has 0 fully saturated rings. The van der Waals surface area contributed by atoms with Gasteiger partial charge in [-0.1, -0.05) is 41.5 Å². The van der Waals surface area contributed by atoms with Crippen LogP contribution < -0.4 is 0 Å². The lowest BCUT2D eigenvalue weighted by molar-refractivity contribution is 0.0853. The summed E-state index contributed by atoms with van der Waals surface area (Å²) in [5, 5.41) is 2.89. The molecule has 1 rings (SSSR count). The molecule has 1 aromatic heterocycles. The van der Waals surface area contributed by atoms with E-state index in [2.05, 4.69) is 25.8 Å². The van der Waals surface area contributed by atoms with Crippen molar-refractivity contribution < 1.29 is 4.79 Å². The number of carbonyl (C=O) groups is 1. The van der Waals surface area contributed by atoms with Crippen LogP contribution in [-0.2, 0) is 5.41 Å². The number of aromatic nitrogens is 1. The molecule has 1 aromatic rings. The Kier molecular flexibility index (Phi) is 3.06. The van der Waals surface area contributed by atoms with Gasteiger partial charge in [-0.25, -0.2) is 4.98 Å². The minimum Gasteiger partial charge on any atom is -0.292 e. The van der Waals surface area contributed by atoms with Crippen molar-refractivity contribution in [3.8, 4) is 0 Å². The van der Waals surface area contributed by atoms with E-state index < -0.39 is 0 Å². The number of thiazole rings is 1. The van der Waals surface area contributed by atoms with E-state index >= 15 is 0 Å². The third-order valence-corrected chi connectivity index (χ3v) is 3.33. The molecular weight excluding hydrogens is 206 g/mol. The second kappa shape index (κ2) is 3.71. The number of carbonyl (C=O) groups excluding carboxylic acids is 1. The molecule has 0 atom stereocenters. The van der Waals surface area contributed by atoms with Crippen LogP contribution in [0.3, 0.4) is 0 Å². The predicted octanol–water partition coefficient (Wildman–Crippen LogP) is 3.67. The fourth-order valence-corrected chi connectivity index (χ4v) is 1.99. The second-order valence-corrected chi connectivity index (χ2v) is 6.73. The van der Waals surface area contributed by atoms with Crippen LogP contribution in [-0.4, -0.2) is 10.8 Å². The zero-order chi connectivity index (χ0) is 11.9. The number of hydrogen-bond donors (Lipinski definition) is 0. The standard InChI is InChI=1S/C12H19NOS/c1-11(2,3)9(14)8-7-15-10(13-8)12(4,5)6/h7H,1-6H3. The molecule has 84 valence electrons. The number of Topliss-reactive ketones (excluding diaryl/α,β-unsaturated/α-hetero) is 1. The number of hydrogen-bond acceptors (Lipinski definition) is 3. The Labute approximate surface area is 95.7 Å². The van der Waals surface area contributed by atoms with Gasteiger partial charge in [-0.15, -0.1) is 11.3 Å². The highest BCUT2D eigenvalue weighted by Gasteiger charge is 2.27. The Morgan fingerprint density at radius 3 is 2.07 bits per heavy atom. The highest BCUT2D eigenvalue weighted by Crippen LogP contribution is 2.28. The van der Waals surface area contributed by atoms with Gasteiger partial charge in [-0.3, -0.25) is 4.79 Å². The lowest BCUT2D eigenvalue weighted by Gasteiger charge is -2.15. The first kappa shape index (κ1) is 12.4. The normalized spacial score (nSPS) is 12.9. The second-order valence-electron chi connectivity index (χ2n) is 5.87. The first-order valence-electron chi connectivity index (χ1n) is 5.13. The van der Waals surface area contributed by atoms with Gasteiger partial charge in [0, 0.05) is 16.2 Å². The van der Waals surface area contributed by atoms with Crippen molar-refractivity contribution in [1.29, 1.82) is 0 Å². The molecule has 3 heteroatoms. The summed E-state index contributed by atoms with van der Waals surface area (Å²) in [6.45, 7) is 12.1. The molecule has 2 nitrogen and oxygen atoms in total. The van der Waals surface area contributed by atoms with E-state index in [9.17, 15) is 4.79 Å². The van der Waals surface area contributed by atoms with Crippen molar-refractivity contribution in [3.63, 3.8) is 0 Å². The van der Waals surface area contributed by atoms with Crippen LogP contribution in [0.15, 0.2) is 5.38 Å². The summed E-state index contributed by atoms with van der Waals surface area (Å²) < 4.78 is 0. The Balaban J connectivity index is 3.01. The lowest BCUT2D eigenvalue weighted by Crippen LogP contribution is -2.21. The molecule has 0 aliphatic rings. The van der Waals surface area contributed by atoms with Gasteiger partial charge in [0.2, 0.25) is 0 Å². The summed E-state index contributed by atoms with van der Waals surface area (Å²) >= 11 is 1.57. The number of ketones is 1. The average Bonchev–Trinajstić information content (AvgIpc) is 2.47. The maximum Gasteiger partial charge on any atom is 0.187 e. The zero-order valence-electron chi connectivity index (χ0n) is 10.3. The fourth-order valence-electron chi connectivity index (χ4n) is 1.11. The van der Waals surface area contributed by atoms with E-state index in [0.717, 1.165) is 5.01 Å². The molecule has 0 aromatic carbocycles. The summed E-state index contributed by atoms with van der Waals surface area (Å²) in [5.41, 5.74) is 0.294. The van der Waals surface area contributed by atoms with Crippen molar-refractivity contribution >= 4 is 17.1 Å². The minimum absolute atomic E-state index is 0.0289. The Hall–Kier alpha value is -0.700. The average molecular weight is 225 g/mol. The molecule has 1 heterocycles. The van der Waals surface area contributed by atoms with E-state index in [-0.39, 0.29) is 16.6 Å². The molecule has 0 saturated carbocycles. The SMILES string of the molecule is CC(C)(C)C(=O)c1csc(C(C)(C)C)n1. The highest BCUT2D eigenvalue weighted by molar-refractivity contribution is 7.10. The Morgan fingerprint density at radius 2 is 1.73 bits per heavy atom. The van der Waals surface area contributed by atoms with Crippen LogP contribution >= 0.6 is 11.3 Å². The molecule has 0 amide bonds. The molecule has 0 radical (unpaired) electrons. The van der Waals surface area contributed by atoms with Crippen LogP contribution in [0.5, 0.6) is 0 Å². The molecule has 15 heavy (non-hydrogen) atoms. The predicted molar refractivity (Wildman–Crippen MR) is 64.6 cm³/mol. The molecule has 0 saturated heterocycles. The van der Waals surface area contributed by atoms with Crippen LogP contribution in [0.1, 0.15) is 57.0 Å². The van der Waals surface area contributed by atoms with E-state index in [4.69, 9.17) is 0 Å². The third-order valence-electron chi connectivity index (χ3n) is 2.06. The lowest BCUT2D eigenvalue weighted by atomic mass is 9.89. The van der Waals surface area contributed by atoms with Crippen molar-refractivity contribution in [1.82, 2.24) is 4.98 Å². The van der Waals surface area contributed by atoms with Crippen LogP contribution in [0, 0.1) is 5.41 Å². The van der Waals surface area contributed by atoms with Crippen molar-refractivity contribution in [2.24, 2.45) is 5.41 Å². The largest absolute Gasteiger partial charge is 0.292 e. The minimum atomic E-state index is -0.344. The molecule has 0 bridgehead atoms. The number of nitrogens with zero attached hydrogens (tertiary/aromatic N) is 1. The molecule has 0 aliphatic heterocycles. The third kappa shape index (κ3) is 2.88. The van der Waals surface area contributed by atoms with Crippen molar-refractivity contribution in [3.05, 3.63) is 16.1 Å². The topological polar surface area (TPSA) is 30.0 Å². The smallest absolute Gasteiger partial charge is 0.187 e. The summed E-state index contributed by atoms with van der Waals surface area (Å²) in [4.78, 5) is 16.4. The molecule has 0 spiro atoms. The maximum absolute atomic E-state index is 12.0. The highest BCUT2D eigenvalue weighted by atomic mass is 32.1. The first-order chi connectivity index (χ1) is 6.62. The zero-order valence-corrected chi connectivity index (χ0v) is 11.2. The van der Waals surface area contributed by atoms with Gasteiger partial charge in [0.25, 0.3) is 0 Å². The molecule has 0 N–H and O–H groups in total. The van der Waals surface area contributed by atoms with Gasteiger partial charge < -0.3 is 0 Å². The fraction of sp³-hybridized carbons (Fsp3) is 0.667. The van der Waals surface area contributed by atoms with E-state index in [1.54, 1.807) is 11.3 Å². The van der Waals surface area contributed by atoms with Gasteiger partial charge in [-0.05, 0) is 0 Å². The van der Waals surface area contributed by atoms with Crippen molar-refractivity contribution in [2.75, 3.05) is 0 Å². The Bertz CT molecular complexity index is 366. The Morgan fingerprint density at radius 1 is 1.20 bits per heavy atom. The first-order valence-corrected chi connectivity index (χ1v) is 6.01. The molecule has 0 unspecified atom stereocenters. The summed E-state index contributed by atoms with van der Waals surface area (Å²) in [6, 6.07) is 0. The summed E-state index contributed by atoms with van der Waals surface area (Å²) in [7, 11) is 0. The van der Waals surface area contributed by atoms with E-state index in [1.165, 1.54) is 0 Å². The van der Waals surface area contributed by atoms with E-state index in [1.807, 2.05) is 26.2 Å². The van der Waals surface area contributed by atoms with Crippen LogP contribution in [0.2, 0.25) is 0 Å². The maximum atomic E-state index is 12.0. The van der Waals surface area contributed by atoms with Gasteiger partial charge in [0.05, 0.1) is 5.01 Å². The van der Waals surface area contributed by atoms with Gasteiger partial charge in [0.15, 0.2) is 5.78 Å². The molecular formula is C12H19NOS. The monoisotopic (exact) mass is 225 g/mol. The van der Waals surface area contributed by atoms with Crippen molar-refractivity contribution in [2.45, 2.75) is 47.0 Å². The van der Waals surface area contributed by atoms with Gasteiger partial charge >= 0.3 is 0 Å². The van der Waals surface area contributed by atoms with Gasteiger partial charge in [0.1, 0.15) is 5.69 Å².